The summed E-state index contributed by atoms with van der Waals surface area (Å²) in [7, 11) is 0. The van der Waals surface area contributed by atoms with Gasteiger partial charge in [-0.25, -0.2) is 4.68 Å². The highest BCUT2D eigenvalue weighted by molar-refractivity contribution is 5.93. The first kappa shape index (κ1) is 13.8. The maximum Gasteiger partial charge on any atom is 0.328 e. The lowest BCUT2D eigenvalue weighted by molar-refractivity contribution is -0.148. The van der Waals surface area contributed by atoms with Crippen molar-refractivity contribution in [2.24, 2.45) is 0 Å². The summed E-state index contributed by atoms with van der Waals surface area (Å²) in [4.78, 5) is 23.2. The molecule has 0 bridgehead atoms. The molecule has 0 unspecified atom stereocenters. The Hall–Kier alpha value is -3.17. The smallest absolute Gasteiger partial charge is 0.328 e. The van der Waals surface area contributed by atoms with Crippen molar-refractivity contribution < 1.29 is 23.8 Å². The van der Waals surface area contributed by atoms with Gasteiger partial charge in [-0.2, -0.15) is 0 Å². The second-order valence-corrected chi connectivity index (χ2v) is 4.28. The van der Waals surface area contributed by atoms with Crippen LogP contribution in [-0.4, -0.2) is 45.5 Å². The van der Waals surface area contributed by atoms with E-state index in [1.165, 1.54) is 11.0 Å². The van der Waals surface area contributed by atoms with E-state index < -0.39 is 18.5 Å². The minimum atomic E-state index is -0.617. The van der Waals surface area contributed by atoms with Crippen molar-refractivity contribution in [3.8, 4) is 11.5 Å². The van der Waals surface area contributed by atoms with Crippen LogP contribution in [0.1, 0.15) is 0 Å². The zero-order valence-electron chi connectivity index (χ0n) is 11.3. The number of rotatable bonds is 5. The van der Waals surface area contributed by atoms with E-state index in [2.05, 4.69) is 20.8 Å². The number of amides is 1. The molecule has 0 saturated carbocycles. The van der Waals surface area contributed by atoms with E-state index in [9.17, 15) is 9.59 Å². The summed E-state index contributed by atoms with van der Waals surface area (Å²) in [5.41, 5.74) is 0.519. The summed E-state index contributed by atoms with van der Waals surface area (Å²) in [6, 6.07) is 4.97. The fourth-order valence-electron chi connectivity index (χ4n) is 1.75. The van der Waals surface area contributed by atoms with E-state index in [1.54, 1.807) is 18.2 Å². The minimum Gasteiger partial charge on any atom is -0.454 e. The van der Waals surface area contributed by atoms with Gasteiger partial charge >= 0.3 is 5.97 Å². The topological polar surface area (TPSA) is 117 Å². The zero-order valence-corrected chi connectivity index (χ0v) is 11.3. The number of carbonyl (C=O) groups is 2. The van der Waals surface area contributed by atoms with Gasteiger partial charge in [0.05, 0.1) is 0 Å². The quantitative estimate of drug-likeness (QED) is 0.740. The Morgan fingerprint density at radius 3 is 3.00 bits per heavy atom. The van der Waals surface area contributed by atoms with Crippen molar-refractivity contribution >= 4 is 17.6 Å². The number of benzene rings is 1. The maximum atomic E-state index is 11.7. The predicted octanol–water partition coefficient (Wildman–Crippen LogP) is -0.416. The average Bonchev–Trinajstić information content (AvgIpc) is 3.15. The molecule has 3 rings (SSSR count). The van der Waals surface area contributed by atoms with Crippen molar-refractivity contribution in [2.45, 2.75) is 6.54 Å². The van der Waals surface area contributed by atoms with Gasteiger partial charge < -0.3 is 19.5 Å². The first-order valence-electron chi connectivity index (χ1n) is 6.26. The number of hydrogen-bond donors (Lipinski definition) is 1. The van der Waals surface area contributed by atoms with Crippen LogP contribution in [0.4, 0.5) is 5.69 Å². The summed E-state index contributed by atoms with van der Waals surface area (Å²) in [6.07, 6.45) is 1.27. The van der Waals surface area contributed by atoms with Gasteiger partial charge in [-0.3, -0.25) is 9.59 Å². The molecule has 0 atom stereocenters. The van der Waals surface area contributed by atoms with Crippen LogP contribution in [0.3, 0.4) is 0 Å². The van der Waals surface area contributed by atoms with Crippen molar-refractivity contribution in [3.63, 3.8) is 0 Å². The molecule has 0 radical (unpaired) electrons. The van der Waals surface area contributed by atoms with Crippen LogP contribution >= 0.6 is 0 Å². The highest BCUT2D eigenvalue weighted by atomic mass is 16.7. The fourth-order valence-corrected chi connectivity index (χ4v) is 1.75. The number of tetrazole rings is 1. The molecule has 0 aliphatic carbocycles. The third-order valence-corrected chi connectivity index (χ3v) is 2.70. The van der Waals surface area contributed by atoms with Gasteiger partial charge in [0.1, 0.15) is 12.9 Å². The third-order valence-electron chi connectivity index (χ3n) is 2.70. The number of fused-ring (bicyclic) bond motifs is 1. The van der Waals surface area contributed by atoms with Crippen molar-refractivity contribution in [1.82, 2.24) is 20.2 Å². The van der Waals surface area contributed by atoms with Crippen LogP contribution in [0.25, 0.3) is 0 Å². The molecule has 10 heteroatoms. The Kier molecular flexibility index (Phi) is 3.81. The van der Waals surface area contributed by atoms with E-state index >= 15 is 0 Å². The van der Waals surface area contributed by atoms with Crippen molar-refractivity contribution in [1.29, 1.82) is 0 Å². The van der Waals surface area contributed by atoms with Crippen LogP contribution < -0.4 is 14.8 Å². The number of anilines is 1. The standard InChI is InChI=1S/C12H11N5O5/c18-11(5-20-12(19)4-17-6-13-15-16-17)14-8-1-2-9-10(3-8)22-7-21-9/h1-3,6H,4-5,7H2,(H,14,18). The van der Waals surface area contributed by atoms with E-state index in [0.717, 1.165) is 0 Å². The predicted molar refractivity (Wildman–Crippen MR) is 70.0 cm³/mol. The molecule has 0 saturated heterocycles. The van der Waals surface area contributed by atoms with E-state index in [1.807, 2.05) is 0 Å². The van der Waals surface area contributed by atoms with Gasteiger partial charge in [0.25, 0.3) is 5.91 Å². The summed E-state index contributed by atoms with van der Waals surface area (Å²) in [6.45, 7) is -0.415. The lowest BCUT2D eigenvalue weighted by Gasteiger charge is -2.07. The largest absolute Gasteiger partial charge is 0.454 e. The maximum absolute atomic E-state index is 11.7. The van der Waals surface area contributed by atoms with Gasteiger partial charge in [-0.05, 0) is 22.6 Å². The molecule has 1 aromatic carbocycles. The first-order chi connectivity index (χ1) is 10.7. The van der Waals surface area contributed by atoms with Crippen LogP contribution in [0.15, 0.2) is 24.5 Å². The van der Waals surface area contributed by atoms with Crippen LogP contribution in [0.2, 0.25) is 0 Å². The van der Waals surface area contributed by atoms with Crippen molar-refractivity contribution in [3.05, 3.63) is 24.5 Å². The molecule has 1 N–H and O–H groups in total. The van der Waals surface area contributed by atoms with Crippen LogP contribution in [0, 0.1) is 0 Å². The van der Waals surface area contributed by atoms with E-state index in [4.69, 9.17) is 14.2 Å². The summed E-state index contributed by atoms with van der Waals surface area (Å²) < 4.78 is 16.4. The van der Waals surface area contributed by atoms with Crippen LogP contribution in [-0.2, 0) is 20.9 Å². The number of aromatic nitrogens is 4. The molecule has 10 nitrogen and oxygen atoms in total. The fraction of sp³-hybridized carbons (Fsp3) is 0.250. The molecule has 1 aliphatic rings. The number of nitrogens with one attached hydrogen (secondary N) is 1. The van der Waals surface area contributed by atoms with Gasteiger partial charge in [0, 0.05) is 11.8 Å². The lowest BCUT2D eigenvalue weighted by Crippen LogP contribution is -2.23. The van der Waals surface area contributed by atoms with Crippen LogP contribution in [0.5, 0.6) is 11.5 Å². The molecule has 2 aromatic rings. The highest BCUT2D eigenvalue weighted by Crippen LogP contribution is 2.34. The third kappa shape index (κ3) is 3.29. The lowest BCUT2D eigenvalue weighted by atomic mass is 10.3. The van der Waals surface area contributed by atoms with Gasteiger partial charge in [0.15, 0.2) is 18.1 Å². The Morgan fingerprint density at radius 2 is 2.18 bits per heavy atom. The highest BCUT2D eigenvalue weighted by Gasteiger charge is 2.15. The van der Waals surface area contributed by atoms with E-state index in [-0.39, 0.29) is 13.3 Å². The molecule has 1 amide bonds. The first-order valence-corrected chi connectivity index (χ1v) is 6.26. The second-order valence-electron chi connectivity index (χ2n) is 4.28. The van der Waals surface area contributed by atoms with Gasteiger partial charge in [0.2, 0.25) is 6.79 Å². The summed E-state index contributed by atoms with van der Waals surface area (Å²) >= 11 is 0. The van der Waals surface area contributed by atoms with Crippen molar-refractivity contribution in [2.75, 3.05) is 18.7 Å². The number of carbonyl (C=O) groups excluding carboxylic acids is 2. The second kappa shape index (κ2) is 6.08. The zero-order chi connectivity index (χ0) is 15.4. The molecular weight excluding hydrogens is 294 g/mol. The Morgan fingerprint density at radius 1 is 1.32 bits per heavy atom. The Labute approximate surface area is 124 Å². The molecule has 2 heterocycles. The monoisotopic (exact) mass is 305 g/mol. The number of hydrogen-bond acceptors (Lipinski definition) is 8. The molecule has 0 spiro atoms. The molecule has 114 valence electrons. The summed E-state index contributed by atoms with van der Waals surface area (Å²) in [5, 5.41) is 12.9. The van der Waals surface area contributed by atoms with Gasteiger partial charge in [-0.15, -0.1) is 5.10 Å². The number of nitrogens with zero attached hydrogens (tertiary/aromatic N) is 4. The number of ether oxygens (including phenoxy) is 3. The normalized spacial score (nSPS) is 12.0. The molecule has 22 heavy (non-hydrogen) atoms. The van der Waals surface area contributed by atoms with Gasteiger partial charge in [-0.1, -0.05) is 0 Å². The molecular formula is C12H11N5O5. The average molecular weight is 305 g/mol. The minimum absolute atomic E-state index is 0.154. The van der Waals surface area contributed by atoms with E-state index in [0.29, 0.717) is 17.2 Å². The summed E-state index contributed by atoms with van der Waals surface area (Å²) in [5.74, 6) is 0.0800. The molecule has 0 fully saturated rings. The number of esters is 1. The molecule has 1 aliphatic heterocycles. The Balaban J connectivity index is 1.47. The Bertz CT molecular complexity index is 687. The SMILES string of the molecule is O=C(COC(=O)Cn1cnnn1)Nc1ccc2c(c1)OCO2. The molecule has 1 aromatic heterocycles.